The molecule has 0 spiro atoms. The summed E-state index contributed by atoms with van der Waals surface area (Å²) >= 11 is 0. The third-order valence-corrected chi connectivity index (χ3v) is 1.30. The van der Waals surface area contributed by atoms with Crippen LogP contribution in [-0.4, -0.2) is 25.2 Å². The highest BCUT2D eigenvalue weighted by molar-refractivity contribution is 5.08. The first-order valence-corrected chi connectivity index (χ1v) is 4.34. The summed E-state index contributed by atoms with van der Waals surface area (Å²) < 4.78 is 156. The van der Waals surface area contributed by atoms with Crippen molar-refractivity contribution in [2.45, 2.75) is 25.2 Å². The SMILES string of the molecule is F/C(=C(/F)C(F)(F)F)C(F)F.F/C(=C(/F)C(F)(F)F)C(F)F. The summed E-state index contributed by atoms with van der Waals surface area (Å²) in [5, 5.41) is 0. The van der Waals surface area contributed by atoms with Crippen molar-refractivity contribution < 1.29 is 61.5 Å². The zero-order valence-corrected chi connectivity index (χ0v) is 9.45. The zero-order valence-electron chi connectivity index (χ0n) is 9.45. The maximum Gasteiger partial charge on any atom is 0.445 e. The molecule has 0 aromatic rings. The first kappa shape index (κ1) is 22.8. The van der Waals surface area contributed by atoms with Crippen LogP contribution in [0.2, 0.25) is 0 Å². The normalized spacial score (nSPS) is 15.3. The Morgan fingerprint density at radius 2 is 0.682 bits per heavy atom. The predicted molar refractivity (Wildman–Crippen MR) is 42.6 cm³/mol. The van der Waals surface area contributed by atoms with Crippen LogP contribution in [-0.2, 0) is 0 Å². The monoisotopic (exact) mass is 364 g/mol. The Morgan fingerprint density at radius 1 is 0.500 bits per heavy atom. The second-order valence-electron chi connectivity index (χ2n) is 2.92. The number of hydrogen-bond acceptors (Lipinski definition) is 0. The van der Waals surface area contributed by atoms with Crippen molar-refractivity contribution in [3.05, 3.63) is 23.3 Å². The number of halogens is 14. The van der Waals surface area contributed by atoms with Crippen LogP contribution in [0, 0.1) is 0 Å². The van der Waals surface area contributed by atoms with Gasteiger partial charge in [0.15, 0.2) is 0 Å². The van der Waals surface area contributed by atoms with Gasteiger partial charge in [0.25, 0.3) is 12.9 Å². The fourth-order valence-electron chi connectivity index (χ4n) is 0.462. The molecule has 0 fully saturated rings. The molecule has 0 saturated heterocycles. The quantitative estimate of drug-likeness (QED) is 0.533. The number of alkyl halides is 10. The van der Waals surface area contributed by atoms with Crippen molar-refractivity contribution in [1.29, 1.82) is 0 Å². The molecule has 0 N–H and O–H groups in total. The standard InChI is InChI=1S/2C4HF7/c2*5-1(3(7)8)2(6)4(9,10)11/h2*3H/b2*2-1+. The zero-order chi connectivity index (χ0) is 18.5. The van der Waals surface area contributed by atoms with E-state index >= 15 is 0 Å². The smallest absolute Gasteiger partial charge is 0.202 e. The molecule has 0 aliphatic rings. The van der Waals surface area contributed by atoms with E-state index in [0.29, 0.717) is 0 Å². The average molecular weight is 364 g/mol. The molecule has 0 bridgehead atoms. The maximum atomic E-state index is 11.5. The summed E-state index contributed by atoms with van der Waals surface area (Å²) in [5.74, 6) is -12.9. The topological polar surface area (TPSA) is 0 Å². The molecule has 0 aliphatic heterocycles. The highest BCUT2D eigenvalue weighted by atomic mass is 19.4. The third-order valence-electron chi connectivity index (χ3n) is 1.30. The Bertz CT molecular complexity index is 368. The highest BCUT2D eigenvalue weighted by Gasteiger charge is 2.41. The van der Waals surface area contributed by atoms with E-state index < -0.39 is 48.5 Å². The summed E-state index contributed by atoms with van der Waals surface area (Å²) in [6.07, 6.45) is -19.5. The Morgan fingerprint density at radius 3 is 0.727 bits per heavy atom. The number of rotatable bonds is 2. The molecule has 0 radical (unpaired) electrons. The van der Waals surface area contributed by atoms with Gasteiger partial charge in [-0.15, -0.1) is 0 Å². The summed E-state index contributed by atoms with van der Waals surface area (Å²) in [7, 11) is 0. The van der Waals surface area contributed by atoms with Crippen molar-refractivity contribution in [2.24, 2.45) is 0 Å². The van der Waals surface area contributed by atoms with Gasteiger partial charge in [-0.25, -0.2) is 26.3 Å². The Balaban J connectivity index is 0. The van der Waals surface area contributed by atoms with Gasteiger partial charge in [0.2, 0.25) is 23.3 Å². The minimum atomic E-state index is -5.68. The van der Waals surface area contributed by atoms with Crippen LogP contribution < -0.4 is 0 Å². The van der Waals surface area contributed by atoms with Crippen molar-refractivity contribution in [3.63, 3.8) is 0 Å². The fourth-order valence-corrected chi connectivity index (χ4v) is 0.462. The largest absolute Gasteiger partial charge is 0.445 e. The average Bonchev–Trinajstić information content (AvgIpc) is 2.33. The maximum absolute atomic E-state index is 11.5. The van der Waals surface area contributed by atoms with Crippen LogP contribution in [0.4, 0.5) is 61.5 Å². The van der Waals surface area contributed by atoms with Gasteiger partial charge in [0, 0.05) is 0 Å². The van der Waals surface area contributed by atoms with Crippen LogP contribution in [0.1, 0.15) is 0 Å². The lowest BCUT2D eigenvalue weighted by Gasteiger charge is -2.03. The van der Waals surface area contributed by atoms with Gasteiger partial charge in [-0.1, -0.05) is 0 Å². The van der Waals surface area contributed by atoms with E-state index in [4.69, 9.17) is 0 Å². The van der Waals surface area contributed by atoms with E-state index in [1.165, 1.54) is 0 Å². The van der Waals surface area contributed by atoms with Gasteiger partial charge in [-0.05, 0) is 0 Å². The molecule has 0 rings (SSSR count). The lowest BCUT2D eigenvalue weighted by atomic mass is 10.4. The molecule has 0 aliphatic carbocycles. The molecule has 0 heterocycles. The second-order valence-corrected chi connectivity index (χ2v) is 2.92. The predicted octanol–water partition coefficient (Wildman–Crippen LogP) is 5.93. The second kappa shape index (κ2) is 8.22. The molecule has 0 saturated carbocycles. The molecule has 14 heteroatoms. The fraction of sp³-hybridized carbons (Fsp3) is 0.500. The summed E-state index contributed by atoms with van der Waals surface area (Å²) in [6, 6.07) is 0. The summed E-state index contributed by atoms with van der Waals surface area (Å²) in [6.45, 7) is 0. The number of allylic oxidation sites excluding steroid dienone is 4. The van der Waals surface area contributed by atoms with Gasteiger partial charge in [-0.2, -0.15) is 35.1 Å². The number of hydrogen-bond donors (Lipinski definition) is 0. The van der Waals surface area contributed by atoms with Gasteiger partial charge in [-0.3, -0.25) is 0 Å². The lowest BCUT2D eigenvalue weighted by Crippen LogP contribution is -2.12. The van der Waals surface area contributed by atoms with E-state index in [1.54, 1.807) is 0 Å². The van der Waals surface area contributed by atoms with E-state index in [1.807, 2.05) is 0 Å². The molecule has 0 unspecified atom stereocenters. The van der Waals surface area contributed by atoms with Crippen molar-refractivity contribution in [2.75, 3.05) is 0 Å². The van der Waals surface area contributed by atoms with Crippen LogP contribution in [0.15, 0.2) is 23.3 Å². The van der Waals surface area contributed by atoms with E-state index in [9.17, 15) is 61.5 Å². The molecule has 22 heavy (non-hydrogen) atoms. The molecular formula is C8H2F14. The van der Waals surface area contributed by atoms with Gasteiger partial charge in [0.1, 0.15) is 0 Å². The van der Waals surface area contributed by atoms with Crippen LogP contribution >= 0.6 is 0 Å². The highest BCUT2D eigenvalue weighted by Crippen LogP contribution is 2.32. The first-order valence-electron chi connectivity index (χ1n) is 4.34. The van der Waals surface area contributed by atoms with Crippen LogP contribution in [0.25, 0.3) is 0 Å². The molecule has 0 atom stereocenters. The van der Waals surface area contributed by atoms with Gasteiger partial charge < -0.3 is 0 Å². The van der Waals surface area contributed by atoms with Crippen molar-refractivity contribution >= 4 is 0 Å². The molecule has 0 aromatic carbocycles. The van der Waals surface area contributed by atoms with Crippen molar-refractivity contribution in [3.8, 4) is 0 Å². The van der Waals surface area contributed by atoms with E-state index in [2.05, 4.69) is 0 Å². The van der Waals surface area contributed by atoms with Gasteiger partial charge in [0.05, 0.1) is 0 Å². The molecule has 0 aromatic heterocycles. The van der Waals surface area contributed by atoms with Crippen molar-refractivity contribution in [1.82, 2.24) is 0 Å². The Labute approximate surface area is 111 Å². The summed E-state index contributed by atoms with van der Waals surface area (Å²) in [4.78, 5) is 0. The first-order chi connectivity index (χ1) is 9.53. The van der Waals surface area contributed by atoms with Gasteiger partial charge >= 0.3 is 12.4 Å². The molecular weight excluding hydrogens is 362 g/mol. The van der Waals surface area contributed by atoms with E-state index in [0.717, 1.165) is 0 Å². The molecule has 132 valence electrons. The molecule has 0 amide bonds. The minimum Gasteiger partial charge on any atom is -0.202 e. The Hall–Kier alpha value is -1.50. The van der Waals surface area contributed by atoms with E-state index in [-0.39, 0.29) is 0 Å². The minimum absolute atomic E-state index is 3.09. The van der Waals surface area contributed by atoms with Crippen LogP contribution in [0.3, 0.4) is 0 Å². The Kier molecular flexibility index (Phi) is 8.51. The summed E-state index contributed by atoms with van der Waals surface area (Å²) in [5.41, 5.74) is 0. The third kappa shape index (κ3) is 8.07. The lowest BCUT2D eigenvalue weighted by molar-refractivity contribution is -0.114. The molecule has 0 nitrogen and oxygen atoms in total. The van der Waals surface area contributed by atoms with Crippen LogP contribution in [0.5, 0.6) is 0 Å².